The number of aromatic nitrogens is 4. The molecule has 2 amide bonds. The molecule has 0 saturated carbocycles. The van der Waals surface area contributed by atoms with Gasteiger partial charge in [-0.05, 0) is 83.8 Å². The van der Waals surface area contributed by atoms with Crippen molar-refractivity contribution in [3.63, 3.8) is 0 Å². The zero-order valence-electron chi connectivity index (χ0n) is 33.2. The first-order chi connectivity index (χ1) is 28.2. The maximum atomic E-state index is 13.7. The quantitative estimate of drug-likeness (QED) is 0.113. The second-order valence-electron chi connectivity index (χ2n) is 15.4. The third kappa shape index (κ3) is 6.80. The largest absolute Gasteiger partial charge is 0.508 e. The summed E-state index contributed by atoms with van der Waals surface area (Å²) in [6.07, 6.45) is 2.29. The second-order valence-corrected chi connectivity index (χ2v) is 15.4. The van der Waals surface area contributed by atoms with Crippen LogP contribution in [0.15, 0.2) is 66.8 Å². The SMILES string of the molecule is C=C1COC(=O)C(O)(CC)C/C=C2/c3nc4ccc(OC(=O)N5CCc6ccc(-n7c(O)nnc7-c7cc(C(C)C)c(O)cc7O)cc6C5)cc4c(CC)c3CN2C1=O. The lowest BCUT2D eigenvalue weighted by Crippen LogP contribution is -2.41. The van der Waals surface area contributed by atoms with Crippen LogP contribution in [0, 0.1) is 0 Å². The Hall–Kier alpha value is -6.74. The first kappa shape index (κ1) is 39.1. The summed E-state index contributed by atoms with van der Waals surface area (Å²) < 4.78 is 12.6. The van der Waals surface area contributed by atoms with Gasteiger partial charge in [-0.1, -0.05) is 51.5 Å². The molecule has 1 unspecified atom stereocenters. The van der Waals surface area contributed by atoms with Crippen molar-refractivity contribution in [3.05, 3.63) is 100 Å². The molecule has 4 N–H and O–H groups in total. The number of pyridine rings is 1. The number of hydrogen-bond donors (Lipinski definition) is 4. The highest BCUT2D eigenvalue weighted by Gasteiger charge is 2.40. The van der Waals surface area contributed by atoms with Crippen LogP contribution in [0.1, 0.15) is 80.0 Å². The number of nitrogens with zero attached hydrogens (tertiary/aromatic N) is 6. The maximum Gasteiger partial charge on any atom is 0.415 e. The number of carbonyl (C=O) groups is 3. The molecule has 15 nitrogen and oxygen atoms in total. The number of fused-ring (bicyclic) bond motifs is 5. The Labute approximate surface area is 339 Å². The van der Waals surface area contributed by atoms with E-state index in [1.165, 1.54) is 10.6 Å². The number of benzene rings is 3. The molecule has 5 aromatic rings. The van der Waals surface area contributed by atoms with Crippen LogP contribution in [0.4, 0.5) is 4.79 Å². The van der Waals surface area contributed by atoms with Crippen molar-refractivity contribution >= 4 is 34.6 Å². The molecule has 1 atom stereocenters. The monoisotopic (exact) mass is 800 g/mol. The van der Waals surface area contributed by atoms with E-state index < -0.39 is 29.6 Å². The van der Waals surface area contributed by atoms with Crippen LogP contribution in [-0.4, -0.2) is 86.7 Å². The van der Waals surface area contributed by atoms with Gasteiger partial charge in [-0.15, -0.1) is 5.10 Å². The zero-order chi connectivity index (χ0) is 41.9. The summed E-state index contributed by atoms with van der Waals surface area (Å²) in [5.41, 5.74) is 4.94. The fourth-order valence-corrected chi connectivity index (χ4v) is 8.06. The van der Waals surface area contributed by atoms with Gasteiger partial charge in [-0.25, -0.2) is 19.1 Å². The molecule has 0 fully saturated rings. The fraction of sp³-hybridized carbons (Fsp3) is 0.318. The van der Waals surface area contributed by atoms with Gasteiger partial charge in [-0.3, -0.25) is 4.79 Å². The number of aromatic hydroxyl groups is 3. The summed E-state index contributed by atoms with van der Waals surface area (Å²) in [5, 5.41) is 51.9. The number of hydrogen-bond acceptors (Lipinski definition) is 12. The van der Waals surface area contributed by atoms with Crippen molar-refractivity contribution in [1.29, 1.82) is 0 Å². The van der Waals surface area contributed by atoms with Gasteiger partial charge >= 0.3 is 18.1 Å². The number of ether oxygens (including phenoxy) is 2. The molecule has 15 heteroatoms. The minimum Gasteiger partial charge on any atom is -0.508 e. The lowest BCUT2D eigenvalue weighted by atomic mass is 9.94. The standard InChI is InChI=1S/C44H44N6O9/c1-6-29-31-17-28(10-11-34(31)45-38-33(29)21-49-35(38)12-14-44(57,7-2)41(54)58-22-24(5)40(49)53)59-43(56)48-15-13-25-8-9-27(16-26(25)20-48)50-39(46-47-42(50)55)32-18-30(23(3)4)36(51)19-37(32)52/h8-12,16-19,23,51-52,57H,5-7,13-15,20-22H2,1-4H3,(H,47,55)/b35-12-. The molecule has 0 aliphatic carbocycles. The van der Waals surface area contributed by atoms with Crippen LogP contribution in [0.5, 0.6) is 23.3 Å². The number of rotatable bonds is 6. The molecular weight excluding hydrogens is 757 g/mol. The summed E-state index contributed by atoms with van der Waals surface area (Å²) in [4.78, 5) is 48.1. The first-order valence-electron chi connectivity index (χ1n) is 19.6. The molecule has 8 rings (SSSR count). The molecule has 2 aromatic heterocycles. The molecular formula is C44H44N6O9. The van der Waals surface area contributed by atoms with Gasteiger partial charge < -0.3 is 39.7 Å². The van der Waals surface area contributed by atoms with Crippen LogP contribution in [-0.2, 0) is 40.3 Å². The van der Waals surface area contributed by atoms with Crippen LogP contribution in [0.2, 0.25) is 0 Å². The van der Waals surface area contributed by atoms with Crippen LogP contribution >= 0.6 is 0 Å². The predicted octanol–water partition coefficient (Wildman–Crippen LogP) is 6.17. The number of aryl methyl sites for hydroxylation is 1. The Kier molecular flexibility index (Phi) is 9.87. The van der Waals surface area contributed by atoms with E-state index in [9.17, 15) is 34.8 Å². The normalized spacial score (nSPS) is 18.9. The number of aliphatic hydroxyl groups is 1. The van der Waals surface area contributed by atoms with Gasteiger partial charge in [0.1, 0.15) is 23.9 Å². The van der Waals surface area contributed by atoms with Gasteiger partial charge in [0.05, 0.1) is 34.7 Å². The van der Waals surface area contributed by atoms with Crippen molar-refractivity contribution < 1.29 is 44.3 Å². The predicted molar refractivity (Wildman–Crippen MR) is 216 cm³/mol. The molecule has 0 radical (unpaired) electrons. The number of carbonyl (C=O) groups excluding carboxylic acids is 3. The highest BCUT2D eigenvalue weighted by Crippen LogP contribution is 2.41. The second kappa shape index (κ2) is 14.9. The van der Waals surface area contributed by atoms with E-state index in [0.717, 1.165) is 27.6 Å². The van der Waals surface area contributed by atoms with E-state index in [1.807, 2.05) is 39.0 Å². The smallest absolute Gasteiger partial charge is 0.415 e. The van der Waals surface area contributed by atoms with Crippen molar-refractivity contribution in [2.45, 2.75) is 78.0 Å². The Balaban J connectivity index is 1.06. The molecule has 59 heavy (non-hydrogen) atoms. The lowest BCUT2D eigenvalue weighted by molar-refractivity contribution is -0.164. The topological polar surface area (TPSA) is 201 Å². The van der Waals surface area contributed by atoms with Gasteiger partial charge in [0, 0.05) is 42.1 Å². The summed E-state index contributed by atoms with van der Waals surface area (Å²) in [5.74, 6) is -1.05. The third-order valence-electron chi connectivity index (χ3n) is 11.5. The van der Waals surface area contributed by atoms with Gasteiger partial charge in [0.25, 0.3) is 5.91 Å². The molecule has 0 bridgehead atoms. The van der Waals surface area contributed by atoms with E-state index in [2.05, 4.69) is 16.8 Å². The Bertz CT molecular complexity index is 2630. The number of esters is 1. The molecule has 304 valence electrons. The summed E-state index contributed by atoms with van der Waals surface area (Å²) >= 11 is 0. The zero-order valence-corrected chi connectivity index (χ0v) is 33.2. The molecule has 5 heterocycles. The average molecular weight is 801 g/mol. The van der Waals surface area contributed by atoms with Crippen molar-refractivity contribution in [2.24, 2.45) is 0 Å². The lowest BCUT2D eigenvalue weighted by Gasteiger charge is -2.28. The number of amides is 2. The van der Waals surface area contributed by atoms with Gasteiger partial charge in [0.15, 0.2) is 11.4 Å². The van der Waals surface area contributed by atoms with E-state index >= 15 is 0 Å². The van der Waals surface area contributed by atoms with Crippen LogP contribution in [0.3, 0.4) is 0 Å². The molecule has 3 aromatic carbocycles. The fourth-order valence-electron chi connectivity index (χ4n) is 8.06. The van der Waals surface area contributed by atoms with Crippen molar-refractivity contribution in [3.8, 4) is 40.3 Å². The first-order valence-corrected chi connectivity index (χ1v) is 19.6. The van der Waals surface area contributed by atoms with Crippen molar-refractivity contribution in [2.75, 3.05) is 13.2 Å². The molecule has 3 aliphatic heterocycles. The Morgan fingerprint density at radius 1 is 1.00 bits per heavy atom. The van der Waals surface area contributed by atoms with Gasteiger partial charge in [-0.2, -0.15) is 0 Å². The van der Waals surface area contributed by atoms with Gasteiger partial charge in [0.2, 0.25) is 0 Å². The maximum absolute atomic E-state index is 13.7. The van der Waals surface area contributed by atoms with Crippen molar-refractivity contribution in [1.82, 2.24) is 29.5 Å². The summed E-state index contributed by atoms with van der Waals surface area (Å²) in [6.45, 7) is 11.8. The summed E-state index contributed by atoms with van der Waals surface area (Å²) in [6, 6.07) is 13.3. The molecule has 0 spiro atoms. The Morgan fingerprint density at radius 3 is 2.54 bits per heavy atom. The van der Waals surface area contributed by atoms with E-state index in [-0.39, 0.29) is 66.9 Å². The highest BCUT2D eigenvalue weighted by atomic mass is 16.6. The third-order valence-corrected chi connectivity index (χ3v) is 11.5. The molecule has 3 aliphatic rings. The highest BCUT2D eigenvalue weighted by molar-refractivity contribution is 6.02. The number of phenols is 2. The number of cyclic esters (lactones) is 1. The minimum absolute atomic E-state index is 0.0507. The summed E-state index contributed by atoms with van der Waals surface area (Å²) in [7, 11) is 0. The van der Waals surface area contributed by atoms with Crippen LogP contribution in [0.25, 0.3) is 33.7 Å². The van der Waals surface area contributed by atoms with E-state index in [0.29, 0.717) is 53.3 Å². The average Bonchev–Trinajstić information content (AvgIpc) is 3.79. The van der Waals surface area contributed by atoms with E-state index in [4.69, 9.17) is 14.5 Å². The van der Waals surface area contributed by atoms with E-state index in [1.54, 1.807) is 47.1 Å². The van der Waals surface area contributed by atoms with Crippen LogP contribution < -0.4 is 4.74 Å². The molecule has 0 saturated heterocycles. The number of phenolic OH excluding ortho intramolecular Hbond substituents is 2. The minimum atomic E-state index is -1.77. The Morgan fingerprint density at radius 2 is 1.80 bits per heavy atom.